The van der Waals surface area contributed by atoms with Crippen molar-refractivity contribution in [1.82, 2.24) is 0 Å². The van der Waals surface area contributed by atoms with E-state index in [1.165, 1.54) is 212 Å². The van der Waals surface area contributed by atoms with Gasteiger partial charge < -0.3 is 14.2 Å². The molecule has 0 radical (unpaired) electrons. The van der Waals surface area contributed by atoms with Crippen LogP contribution in [0, 0.1) is 0 Å². The van der Waals surface area contributed by atoms with Crippen LogP contribution >= 0.6 is 0 Å². The smallest absolute Gasteiger partial charge is 0.306 e. The Labute approximate surface area is 514 Å². The Morgan fingerprint density at radius 1 is 0.253 bits per heavy atom. The summed E-state index contributed by atoms with van der Waals surface area (Å²) in [5, 5.41) is 0. The number of esters is 3. The van der Waals surface area contributed by atoms with Crippen LogP contribution in [0.2, 0.25) is 0 Å². The highest BCUT2D eigenvalue weighted by molar-refractivity contribution is 5.71. The molecule has 1 unspecified atom stereocenters. The van der Waals surface area contributed by atoms with Crippen molar-refractivity contribution in [3.63, 3.8) is 0 Å². The summed E-state index contributed by atoms with van der Waals surface area (Å²) in [4.78, 5) is 38.4. The molecule has 0 rings (SSSR count). The summed E-state index contributed by atoms with van der Waals surface area (Å²) in [6.07, 6.45) is 97.1. The van der Waals surface area contributed by atoms with Crippen LogP contribution in [0.15, 0.2) is 109 Å². The maximum atomic E-state index is 12.9. The highest BCUT2D eigenvalue weighted by Crippen LogP contribution is 2.17. The first kappa shape index (κ1) is 79.1. The van der Waals surface area contributed by atoms with Gasteiger partial charge in [0.15, 0.2) is 6.10 Å². The molecule has 6 nitrogen and oxygen atoms in total. The van der Waals surface area contributed by atoms with Gasteiger partial charge in [0.05, 0.1) is 0 Å². The quantitative estimate of drug-likeness (QED) is 0.0261. The Bertz CT molecular complexity index is 1660. The van der Waals surface area contributed by atoms with Crippen LogP contribution in [-0.2, 0) is 28.6 Å². The summed E-state index contributed by atoms with van der Waals surface area (Å²) >= 11 is 0. The van der Waals surface area contributed by atoms with Gasteiger partial charge in [0.1, 0.15) is 13.2 Å². The van der Waals surface area contributed by atoms with Gasteiger partial charge in [-0.15, -0.1) is 0 Å². The van der Waals surface area contributed by atoms with E-state index in [4.69, 9.17) is 14.2 Å². The van der Waals surface area contributed by atoms with Crippen molar-refractivity contribution >= 4 is 17.9 Å². The molecule has 1 atom stereocenters. The second kappa shape index (κ2) is 70.6. The molecule has 0 bridgehead atoms. The van der Waals surface area contributed by atoms with Crippen molar-refractivity contribution in [3.05, 3.63) is 109 Å². The maximum Gasteiger partial charge on any atom is 0.306 e. The topological polar surface area (TPSA) is 78.9 Å². The van der Waals surface area contributed by atoms with E-state index in [1.807, 2.05) is 6.08 Å². The van der Waals surface area contributed by atoms with Crippen LogP contribution in [-0.4, -0.2) is 37.2 Å². The average molecular weight is 1150 g/mol. The molecule has 476 valence electrons. The number of hydrogen-bond donors (Lipinski definition) is 0. The number of rotatable bonds is 64. The van der Waals surface area contributed by atoms with Crippen LogP contribution < -0.4 is 0 Å². The van der Waals surface area contributed by atoms with Crippen molar-refractivity contribution < 1.29 is 28.6 Å². The van der Waals surface area contributed by atoms with Crippen LogP contribution in [0.4, 0.5) is 0 Å². The lowest BCUT2D eigenvalue weighted by Crippen LogP contribution is -2.30. The first-order valence-corrected chi connectivity index (χ1v) is 35.4. The maximum absolute atomic E-state index is 12.9. The number of allylic oxidation sites excluding steroid dienone is 18. The third-order valence-electron chi connectivity index (χ3n) is 15.2. The minimum atomic E-state index is -0.811. The molecule has 0 saturated carbocycles. The summed E-state index contributed by atoms with van der Waals surface area (Å²) in [5.74, 6) is -0.979. The Hall–Kier alpha value is -3.93. The number of ether oxygens (including phenoxy) is 3. The van der Waals surface area contributed by atoms with Gasteiger partial charge in [-0.05, 0) is 116 Å². The summed E-state index contributed by atoms with van der Waals surface area (Å²) < 4.78 is 16.9. The highest BCUT2D eigenvalue weighted by Gasteiger charge is 2.19. The number of carbonyl (C=O) groups is 3. The predicted molar refractivity (Wildman–Crippen MR) is 362 cm³/mol. The molecule has 0 saturated heterocycles. The molecule has 6 heteroatoms. The van der Waals surface area contributed by atoms with Crippen LogP contribution in [0.5, 0.6) is 0 Å². The number of unbranched alkanes of at least 4 members (excludes halogenated alkanes) is 35. The van der Waals surface area contributed by atoms with E-state index in [-0.39, 0.29) is 37.5 Å². The van der Waals surface area contributed by atoms with Crippen LogP contribution in [0.1, 0.15) is 342 Å². The third kappa shape index (κ3) is 68.7. The van der Waals surface area contributed by atoms with Gasteiger partial charge in [-0.1, -0.05) is 316 Å². The van der Waals surface area contributed by atoms with Crippen molar-refractivity contribution in [2.75, 3.05) is 13.2 Å². The first-order chi connectivity index (χ1) is 41.0. The molecule has 0 aromatic carbocycles. The molecule has 0 fully saturated rings. The average Bonchev–Trinajstić information content (AvgIpc) is 3.49. The molecule has 0 amide bonds. The lowest BCUT2D eigenvalue weighted by atomic mass is 10.0. The Morgan fingerprint density at radius 3 is 0.807 bits per heavy atom. The first-order valence-electron chi connectivity index (χ1n) is 35.4. The molecule has 0 aliphatic heterocycles. The highest BCUT2D eigenvalue weighted by atomic mass is 16.6. The molecule has 0 aliphatic carbocycles. The van der Waals surface area contributed by atoms with E-state index < -0.39 is 6.10 Å². The molecule has 0 aromatic heterocycles. The molecule has 0 spiro atoms. The van der Waals surface area contributed by atoms with Gasteiger partial charge in [0, 0.05) is 19.3 Å². The molecule has 0 aromatic rings. The monoisotopic (exact) mass is 1150 g/mol. The molecular formula is C77H132O6. The lowest BCUT2D eigenvalue weighted by Gasteiger charge is -2.18. The molecular weight excluding hydrogens is 1020 g/mol. The number of hydrogen-bond acceptors (Lipinski definition) is 6. The van der Waals surface area contributed by atoms with Gasteiger partial charge in [0.2, 0.25) is 0 Å². The van der Waals surface area contributed by atoms with Crippen molar-refractivity contribution in [1.29, 1.82) is 0 Å². The molecule has 0 heterocycles. The fraction of sp³-hybridized carbons (Fsp3) is 0.727. The molecule has 0 N–H and O–H groups in total. The summed E-state index contributed by atoms with van der Waals surface area (Å²) in [6, 6.07) is 0. The Morgan fingerprint density at radius 2 is 0.494 bits per heavy atom. The van der Waals surface area contributed by atoms with E-state index in [1.54, 1.807) is 0 Å². The summed E-state index contributed by atoms with van der Waals surface area (Å²) in [7, 11) is 0. The summed E-state index contributed by atoms with van der Waals surface area (Å²) in [6.45, 7) is 6.47. The molecule has 0 aliphatic rings. The van der Waals surface area contributed by atoms with Crippen molar-refractivity contribution in [3.8, 4) is 0 Å². The zero-order chi connectivity index (χ0) is 59.9. The zero-order valence-corrected chi connectivity index (χ0v) is 54.7. The second-order valence-electron chi connectivity index (χ2n) is 23.4. The Kier molecular flexibility index (Phi) is 67.2. The van der Waals surface area contributed by atoms with Crippen molar-refractivity contribution in [2.24, 2.45) is 0 Å². The second-order valence-corrected chi connectivity index (χ2v) is 23.4. The standard InChI is InChI=1S/C77H132O6/c1-4-7-10-13-16-19-22-25-27-29-31-33-34-35-36-37-38-39-40-41-42-44-45-47-49-52-55-58-61-64-67-70-76(79)82-73-74(72-81-75(78)69-66-63-60-57-54-51-24-21-18-15-12-9-6-3)83-77(80)71-68-65-62-59-56-53-50-48-46-43-32-30-28-26-23-20-17-14-11-8-5-2/h9,12,18,21-23,25-26,29-32,34-35,51,54,60,63,74H,4-8,10-11,13-17,19-20,24,27-28,33,36-50,52-53,55-59,61-62,64-73H2,1-3H3/b12-9-,21-18-,25-22-,26-23-,31-29-,32-30-,35-34-,54-51-,63-60-. The fourth-order valence-corrected chi connectivity index (χ4v) is 9.97. The van der Waals surface area contributed by atoms with Gasteiger partial charge in [-0.25, -0.2) is 0 Å². The van der Waals surface area contributed by atoms with Crippen LogP contribution in [0.25, 0.3) is 0 Å². The third-order valence-corrected chi connectivity index (χ3v) is 15.2. The lowest BCUT2D eigenvalue weighted by molar-refractivity contribution is -0.166. The normalized spacial score (nSPS) is 12.8. The predicted octanol–water partition coefficient (Wildman–Crippen LogP) is 24.6. The van der Waals surface area contributed by atoms with Gasteiger partial charge >= 0.3 is 17.9 Å². The van der Waals surface area contributed by atoms with Gasteiger partial charge in [-0.2, -0.15) is 0 Å². The zero-order valence-electron chi connectivity index (χ0n) is 54.7. The van der Waals surface area contributed by atoms with E-state index in [9.17, 15) is 14.4 Å². The van der Waals surface area contributed by atoms with E-state index in [0.717, 1.165) is 83.5 Å². The van der Waals surface area contributed by atoms with Gasteiger partial charge in [0.25, 0.3) is 0 Å². The van der Waals surface area contributed by atoms with E-state index >= 15 is 0 Å². The van der Waals surface area contributed by atoms with Gasteiger partial charge in [-0.3, -0.25) is 14.4 Å². The van der Waals surface area contributed by atoms with Crippen LogP contribution in [0.3, 0.4) is 0 Å². The summed E-state index contributed by atoms with van der Waals surface area (Å²) in [5.41, 5.74) is 0. The largest absolute Gasteiger partial charge is 0.462 e. The Balaban J connectivity index is 4.26. The fourth-order valence-electron chi connectivity index (χ4n) is 9.97. The minimum absolute atomic E-state index is 0.101. The number of carbonyl (C=O) groups excluding carboxylic acids is 3. The van der Waals surface area contributed by atoms with E-state index in [2.05, 4.69) is 124 Å². The minimum Gasteiger partial charge on any atom is -0.462 e. The molecule has 83 heavy (non-hydrogen) atoms. The SMILES string of the molecule is CC/C=C\C/C=C\C/C=C\C/C=C\CCC(=O)OCC(COC(=O)CCCCCCCCCCCCCCCCCC/C=C\C/C=C\C/C=C\CCCCCCC)OC(=O)CCCCCCCCCCC/C=C\C/C=C\CCCCCCC. The van der Waals surface area contributed by atoms with Crippen molar-refractivity contribution in [2.45, 2.75) is 348 Å². The van der Waals surface area contributed by atoms with E-state index in [0.29, 0.717) is 19.3 Å².